The lowest BCUT2D eigenvalue weighted by Crippen LogP contribution is -1.94. The van der Waals surface area contributed by atoms with Gasteiger partial charge in [0.15, 0.2) is 0 Å². The summed E-state index contributed by atoms with van der Waals surface area (Å²) in [5.41, 5.74) is 0.924. The van der Waals surface area contributed by atoms with Crippen LogP contribution in [0.1, 0.15) is 0 Å². The van der Waals surface area contributed by atoms with Crippen molar-refractivity contribution in [2.24, 2.45) is 0 Å². The molecule has 1 N–H and O–H groups in total. The number of benzene rings is 1. The summed E-state index contributed by atoms with van der Waals surface area (Å²) in [6, 6.07) is 5.72. The number of hydrogen-bond acceptors (Lipinski definition) is 4. The lowest BCUT2D eigenvalue weighted by atomic mass is 10.3. The minimum atomic E-state index is 0.708. The van der Waals surface area contributed by atoms with Crippen molar-refractivity contribution in [1.82, 2.24) is 9.97 Å². The predicted molar refractivity (Wildman–Crippen MR) is 66.0 cm³/mol. The van der Waals surface area contributed by atoms with Gasteiger partial charge in [-0.1, -0.05) is 0 Å². The number of ether oxygens (including phenoxy) is 1. The van der Waals surface area contributed by atoms with Crippen molar-refractivity contribution in [1.29, 1.82) is 0 Å². The molecular formula is C11H10BrN3O. The van der Waals surface area contributed by atoms with Crippen molar-refractivity contribution >= 4 is 27.4 Å². The minimum absolute atomic E-state index is 0.708. The Labute approximate surface area is 102 Å². The zero-order valence-corrected chi connectivity index (χ0v) is 10.2. The van der Waals surface area contributed by atoms with E-state index in [-0.39, 0.29) is 0 Å². The molecule has 0 aliphatic carbocycles. The van der Waals surface area contributed by atoms with Crippen LogP contribution >= 0.6 is 15.9 Å². The molecule has 2 aromatic rings. The standard InChI is InChI=1S/C11H10BrN3O/c1-16-10-3-2-8(6-9(10)12)15-11-7-13-4-5-14-11/h2-7H,1H3,(H,14,15). The van der Waals surface area contributed by atoms with Crippen molar-refractivity contribution in [2.45, 2.75) is 0 Å². The molecule has 0 saturated heterocycles. The Hall–Kier alpha value is -1.62. The van der Waals surface area contributed by atoms with Gasteiger partial charge < -0.3 is 10.1 Å². The molecule has 0 atom stereocenters. The Morgan fingerprint density at radius 1 is 1.31 bits per heavy atom. The third-order valence-corrected chi connectivity index (χ3v) is 2.61. The maximum absolute atomic E-state index is 5.15. The SMILES string of the molecule is COc1ccc(Nc2cnccn2)cc1Br. The first kappa shape index (κ1) is 10.9. The molecule has 16 heavy (non-hydrogen) atoms. The fourth-order valence-corrected chi connectivity index (χ4v) is 1.80. The first-order valence-electron chi connectivity index (χ1n) is 4.66. The molecule has 0 fully saturated rings. The second-order valence-corrected chi connectivity index (χ2v) is 3.92. The summed E-state index contributed by atoms with van der Waals surface area (Å²) in [5, 5.41) is 3.14. The van der Waals surface area contributed by atoms with E-state index in [1.807, 2.05) is 18.2 Å². The van der Waals surface area contributed by atoms with Crippen LogP contribution in [-0.2, 0) is 0 Å². The van der Waals surface area contributed by atoms with E-state index in [4.69, 9.17) is 4.74 Å². The van der Waals surface area contributed by atoms with E-state index < -0.39 is 0 Å². The van der Waals surface area contributed by atoms with Crippen molar-refractivity contribution in [3.8, 4) is 5.75 Å². The number of nitrogens with zero attached hydrogens (tertiary/aromatic N) is 2. The Morgan fingerprint density at radius 2 is 2.19 bits per heavy atom. The van der Waals surface area contributed by atoms with Crippen molar-refractivity contribution in [3.63, 3.8) is 0 Å². The summed E-state index contributed by atoms with van der Waals surface area (Å²) in [5.74, 6) is 1.50. The molecule has 0 bridgehead atoms. The van der Waals surface area contributed by atoms with Crippen LogP contribution in [-0.4, -0.2) is 17.1 Å². The second-order valence-electron chi connectivity index (χ2n) is 3.06. The summed E-state index contributed by atoms with van der Waals surface area (Å²) >= 11 is 3.42. The molecule has 4 nitrogen and oxygen atoms in total. The maximum atomic E-state index is 5.15. The molecule has 0 amide bonds. The van der Waals surface area contributed by atoms with E-state index in [0.29, 0.717) is 5.82 Å². The predicted octanol–water partition coefficient (Wildman–Crippen LogP) is 2.99. The molecule has 1 aromatic carbocycles. The quantitative estimate of drug-likeness (QED) is 0.938. The molecule has 82 valence electrons. The molecule has 0 spiro atoms. The number of methoxy groups -OCH3 is 1. The lowest BCUT2D eigenvalue weighted by molar-refractivity contribution is 0.412. The molecule has 5 heteroatoms. The third-order valence-electron chi connectivity index (χ3n) is 1.99. The average molecular weight is 280 g/mol. The van der Waals surface area contributed by atoms with Crippen LogP contribution in [0.25, 0.3) is 0 Å². The van der Waals surface area contributed by atoms with Gasteiger partial charge in [-0.25, -0.2) is 4.98 Å². The highest BCUT2D eigenvalue weighted by molar-refractivity contribution is 9.10. The molecule has 2 rings (SSSR count). The lowest BCUT2D eigenvalue weighted by Gasteiger charge is -2.07. The van der Waals surface area contributed by atoms with E-state index in [9.17, 15) is 0 Å². The summed E-state index contributed by atoms with van der Waals surface area (Å²) in [6.07, 6.45) is 4.94. The maximum Gasteiger partial charge on any atom is 0.148 e. The summed E-state index contributed by atoms with van der Waals surface area (Å²) in [4.78, 5) is 8.10. The van der Waals surface area contributed by atoms with Gasteiger partial charge in [-0.15, -0.1) is 0 Å². The number of nitrogens with one attached hydrogen (secondary N) is 1. The van der Waals surface area contributed by atoms with Crippen LogP contribution in [0.15, 0.2) is 41.3 Å². The van der Waals surface area contributed by atoms with Crippen LogP contribution in [0.5, 0.6) is 5.75 Å². The van der Waals surface area contributed by atoms with E-state index in [2.05, 4.69) is 31.2 Å². The van der Waals surface area contributed by atoms with E-state index in [1.54, 1.807) is 25.7 Å². The highest BCUT2D eigenvalue weighted by Gasteiger charge is 2.01. The molecule has 1 aromatic heterocycles. The Balaban J connectivity index is 2.20. The fraction of sp³-hybridized carbons (Fsp3) is 0.0909. The van der Waals surface area contributed by atoms with Gasteiger partial charge in [0.1, 0.15) is 11.6 Å². The molecule has 0 aliphatic heterocycles. The zero-order chi connectivity index (χ0) is 11.4. The van der Waals surface area contributed by atoms with Gasteiger partial charge >= 0.3 is 0 Å². The largest absolute Gasteiger partial charge is 0.496 e. The van der Waals surface area contributed by atoms with Gasteiger partial charge in [0, 0.05) is 18.1 Å². The molecule has 0 saturated carbocycles. The van der Waals surface area contributed by atoms with Crippen LogP contribution in [0.2, 0.25) is 0 Å². The number of hydrogen-bond donors (Lipinski definition) is 1. The average Bonchev–Trinajstić information content (AvgIpc) is 2.31. The zero-order valence-electron chi connectivity index (χ0n) is 8.64. The van der Waals surface area contributed by atoms with E-state index in [0.717, 1.165) is 15.9 Å². The second kappa shape index (κ2) is 4.94. The Bertz CT molecular complexity index is 476. The van der Waals surface area contributed by atoms with Crippen molar-refractivity contribution in [2.75, 3.05) is 12.4 Å². The van der Waals surface area contributed by atoms with Crippen LogP contribution in [0.4, 0.5) is 11.5 Å². The topological polar surface area (TPSA) is 47.0 Å². The molecule has 1 heterocycles. The Kier molecular flexibility index (Phi) is 3.36. The molecule has 0 radical (unpaired) electrons. The van der Waals surface area contributed by atoms with Crippen molar-refractivity contribution < 1.29 is 4.74 Å². The third kappa shape index (κ3) is 2.49. The van der Waals surface area contributed by atoms with Gasteiger partial charge in [-0.3, -0.25) is 4.98 Å². The highest BCUT2D eigenvalue weighted by Crippen LogP contribution is 2.28. The van der Waals surface area contributed by atoms with Gasteiger partial charge in [-0.05, 0) is 34.1 Å². The number of rotatable bonds is 3. The van der Waals surface area contributed by atoms with Crippen molar-refractivity contribution in [3.05, 3.63) is 41.3 Å². The molecule has 0 aliphatic rings. The fourth-order valence-electron chi connectivity index (χ4n) is 1.26. The number of anilines is 2. The highest BCUT2D eigenvalue weighted by atomic mass is 79.9. The van der Waals surface area contributed by atoms with Gasteiger partial charge in [0.05, 0.1) is 17.8 Å². The van der Waals surface area contributed by atoms with E-state index >= 15 is 0 Å². The molecule has 0 unspecified atom stereocenters. The van der Waals surface area contributed by atoms with Crippen LogP contribution in [0, 0.1) is 0 Å². The molecular weight excluding hydrogens is 270 g/mol. The summed E-state index contributed by atoms with van der Waals surface area (Å²) in [6.45, 7) is 0. The van der Waals surface area contributed by atoms with E-state index in [1.165, 1.54) is 0 Å². The first-order chi connectivity index (χ1) is 7.79. The smallest absolute Gasteiger partial charge is 0.148 e. The van der Waals surface area contributed by atoms with Crippen LogP contribution < -0.4 is 10.1 Å². The van der Waals surface area contributed by atoms with Crippen LogP contribution in [0.3, 0.4) is 0 Å². The normalized spacial score (nSPS) is 9.88. The van der Waals surface area contributed by atoms with Gasteiger partial charge in [0.25, 0.3) is 0 Å². The first-order valence-corrected chi connectivity index (χ1v) is 5.45. The monoisotopic (exact) mass is 279 g/mol. The Morgan fingerprint density at radius 3 is 2.81 bits per heavy atom. The minimum Gasteiger partial charge on any atom is -0.496 e. The summed E-state index contributed by atoms with van der Waals surface area (Å²) in [7, 11) is 1.63. The summed E-state index contributed by atoms with van der Waals surface area (Å²) < 4.78 is 6.04. The number of aromatic nitrogens is 2. The number of halogens is 1. The van der Waals surface area contributed by atoms with Gasteiger partial charge in [-0.2, -0.15) is 0 Å². The van der Waals surface area contributed by atoms with Gasteiger partial charge in [0.2, 0.25) is 0 Å².